The molecule has 1 aromatic rings. The van der Waals surface area contributed by atoms with Crippen molar-refractivity contribution in [3.8, 4) is 0 Å². The summed E-state index contributed by atoms with van der Waals surface area (Å²) in [5.74, 6) is 0. The standard InChI is InChI=1S/C15H28N4O/c1-12-8-19(9-13(2)20-12)15(3,4)10-16-6-14-7-17-11-18(14)5/h7,11-13,16H,6,8-10H2,1-5H3. The fourth-order valence-electron chi connectivity index (χ4n) is 2.84. The van der Waals surface area contributed by atoms with Gasteiger partial charge in [-0.05, 0) is 27.7 Å². The molecule has 2 atom stereocenters. The summed E-state index contributed by atoms with van der Waals surface area (Å²) in [5.41, 5.74) is 1.34. The molecule has 0 bridgehead atoms. The van der Waals surface area contributed by atoms with Crippen LogP contribution < -0.4 is 5.32 Å². The van der Waals surface area contributed by atoms with E-state index in [4.69, 9.17) is 4.74 Å². The van der Waals surface area contributed by atoms with Crippen molar-refractivity contribution in [2.75, 3.05) is 19.6 Å². The highest BCUT2D eigenvalue weighted by Crippen LogP contribution is 2.20. The second kappa shape index (κ2) is 6.24. The zero-order chi connectivity index (χ0) is 14.8. The second-order valence-electron chi connectivity index (χ2n) is 6.57. The quantitative estimate of drug-likeness (QED) is 0.885. The molecule has 2 rings (SSSR count). The zero-order valence-corrected chi connectivity index (χ0v) is 13.4. The molecule has 1 aliphatic rings. The van der Waals surface area contributed by atoms with Crippen LogP contribution in [-0.2, 0) is 18.3 Å². The fourth-order valence-corrected chi connectivity index (χ4v) is 2.84. The summed E-state index contributed by atoms with van der Waals surface area (Å²) in [5, 5.41) is 3.55. The molecule has 0 radical (unpaired) electrons. The van der Waals surface area contributed by atoms with Crippen molar-refractivity contribution < 1.29 is 4.74 Å². The molecular weight excluding hydrogens is 252 g/mol. The average Bonchev–Trinajstić information content (AvgIpc) is 2.74. The maximum Gasteiger partial charge on any atom is 0.0945 e. The Morgan fingerprint density at radius 3 is 2.55 bits per heavy atom. The van der Waals surface area contributed by atoms with Gasteiger partial charge in [0, 0.05) is 45.0 Å². The molecule has 1 aliphatic heterocycles. The monoisotopic (exact) mass is 280 g/mol. The number of morpholine rings is 1. The van der Waals surface area contributed by atoms with E-state index in [1.807, 2.05) is 19.6 Å². The van der Waals surface area contributed by atoms with Crippen LogP contribution >= 0.6 is 0 Å². The van der Waals surface area contributed by atoms with E-state index in [1.165, 1.54) is 5.69 Å². The Labute approximate surface area is 122 Å². The zero-order valence-electron chi connectivity index (χ0n) is 13.4. The minimum Gasteiger partial charge on any atom is -0.373 e. The normalized spacial score (nSPS) is 25.1. The van der Waals surface area contributed by atoms with Gasteiger partial charge in [-0.25, -0.2) is 4.98 Å². The Balaban J connectivity index is 1.85. The minimum atomic E-state index is 0.130. The second-order valence-corrected chi connectivity index (χ2v) is 6.57. The maximum atomic E-state index is 5.82. The molecular formula is C15H28N4O. The molecule has 114 valence electrons. The smallest absolute Gasteiger partial charge is 0.0945 e. The Morgan fingerprint density at radius 1 is 1.35 bits per heavy atom. The van der Waals surface area contributed by atoms with E-state index in [1.54, 1.807) is 0 Å². The Bertz CT molecular complexity index is 419. The van der Waals surface area contributed by atoms with E-state index in [2.05, 4.69) is 47.5 Å². The number of rotatable bonds is 5. The summed E-state index contributed by atoms with van der Waals surface area (Å²) in [6.45, 7) is 12.7. The van der Waals surface area contributed by atoms with Crippen molar-refractivity contribution >= 4 is 0 Å². The molecule has 0 amide bonds. The van der Waals surface area contributed by atoms with Crippen LogP contribution in [0, 0.1) is 0 Å². The van der Waals surface area contributed by atoms with Crippen molar-refractivity contribution in [2.45, 2.75) is 52.0 Å². The van der Waals surface area contributed by atoms with Gasteiger partial charge in [-0.2, -0.15) is 0 Å². The van der Waals surface area contributed by atoms with Crippen molar-refractivity contribution in [3.63, 3.8) is 0 Å². The lowest BCUT2D eigenvalue weighted by Crippen LogP contribution is -2.58. The van der Waals surface area contributed by atoms with Gasteiger partial charge in [-0.1, -0.05) is 0 Å². The third-order valence-corrected chi connectivity index (χ3v) is 4.06. The van der Waals surface area contributed by atoms with E-state index in [9.17, 15) is 0 Å². The predicted octanol–water partition coefficient (Wildman–Crippen LogP) is 1.40. The molecule has 5 nitrogen and oxygen atoms in total. The van der Waals surface area contributed by atoms with Crippen molar-refractivity contribution in [1.82, 2.24) is 19.8 Å². The van der Waals surface area contributed by atoms with Gasteiger partial charge in [-0.15, -0.1) is 0 Å². The van der Waals surface area contributed by atoms with Gasteiger partial charge in [0.15, 0.2) is 0 Å². The van der Waals surface area contributed by atoms with Crippen LogP contribution in [0.3, 0.4) is 0 Å². The molecule has 1 saturated heterocycles. The molecule has 2 unspecified atom stereocenters. The van der Waals surface area contributed by atoms with E-state index in [0.717, 1.165) is 26.2 Å². The lowest BCUT2D eigenvalue weighted by atomic mass is 10.00. The Hall–Kier alpha value is -0.910. The third-order valence-electron chi connectivity index (χ3n) is 4.06. The number of imidazole rings is 1. The topological polar surface area (TPSA) is 42.3 Å². The summed E-state index contributed by atoms with van der Waals surface area (Å²) in [6, 6.07) is 0. The SMILES string of the molecule is CC1CN(C(C)(C)CNCc2cncn2C)CC(C)O1. The molecule has 0 aliphatic carbocycles. The first-order valence-corrected chi connectivity index (χ1v) is 7.45. The van der Waals surface area contributed by atoms with Gasteiger partial charge in [0.25, 0.3) is 0 Å². The fraction of sp³-hybridized carbons (Fsp3) is 0.800. The summed E-state index contributed by atoms with van der Waals surface area (Å²) in [6.07, 6.45) is 4.39. The van der Waals surface area contributed by atoms with Crippen LogP contribution in [0.25, 0.3) is 0 Å². The largest absolute Gasteiger partial charge is 0.373 e. The first-order valence-electron chi connectivity index (χ1n) is 7.45. The van der Waals surface area contributed by atoms with Gasteiger partial charge in [0.2, 0.25) is 0 Å². The number of hydrogen-bond donors (Lipinski definition) is 1. The third kappa shape index (κ3) is 3.81. The average molecular weight is 280 g/mol. The first-order chi connectivity index (χ1) is 9.38. The van der Waals surface area contributed by atoms with Crippen molar-refractivity contribution in [1.29, 1.82) is 0 Å². The van der Waals surface area contributed by atoms with E-state index >= 15 is 0 Å². The van der Waals surface area contributed by atoms with Gasteiger partial charge < -0.3 is 14.6 Å². The van der Waals surface area contributed by atoms with Crippen LogP contribution in [-0.4, -0.2) is 51.8 Å². The number of nitrogens with zero attached hydrogens (tertiary/aromatic N) is 3. The first kappa shape index (κ1) is 15.5. The van der Waals surface area contributed by atoms with E-state index in [-0.39, 0.29) is 5.54 Å². The molecule has 0 spiro atoms. The van der Waals surface area contributed by atoms with Gasteiger partial charge in [0.1, 0.15) is 0 Å². The molecule has 5 heteroatoms. The van der Waals surface area contributed by atoms with Crippen LogP contribution in [0.2, 0.25) is 0 Å². The lowest BCUT2D eigenvalue weighted by molar-refractivity contribution is -0.0952. The van der Waals surface area contributed by atoms with Crippen LogP contribution in [0.15, 0.2) is 12.5 Å². The minimum absolute atomic E-state index is 0.130. The summed E-state index contributed by atoms with van der Waals surface area (Å²) < 4.78 is 7.87. The van der Waals surface area contributed by atoms with Crippen LogP contribution in [0.1, 0.15) is 33.4 Å². The number of ether oxygens (including phenoxy) is 1. The number of nitrogens with one attached hydrogen (secondary N) is 1. The molecule has 2 heterocycles. The van der Waals surface area contributed by atoms with Crippen molar-refractivity contribution in [2.24, 2.45) is 7.05 Å². The molecule has 1 fully saturated rings. The molecule has 20 heavy (non-hydrogen) atoms. The van der Waals surface area contributed by atoms with Crippen molar-refractivity contribution in [3.05, 3.63) is 18.2 Å². The van der Waals surface area contributed by atoms with Crippen LogP contribution in [0.5, 0.6) is 0 Å². The molecule has 0 aromatic carbocycles. The highest BCUT2D eigenvalue weighted by molar-refractivity contribution is 4.97. The predicted molar refractivity (Wildman–Crippen MR) is 80.6 cm³/mol. The number of aryl methyl sites for hydroxylation is 1. The Kier molecular flexibility index (Phi) is 4.83. The van der Waals surface area contributed by atoms with Gasteiger partial charge in [0.05, 0.1) is 24.2 Å². The summed E-state index contributed by atoms with van der Waals surface area (Å²) in [4.78, 5) is 6.67. The number of aromatic nitrogens is 2. The lowest BCUT2D eigenvalue weighted by Gasteiger charge is -2.45. The van der Waals surface area contributed by atoms with Gasteiger partial charge >= 0.3 is 0 Å². The highest BCUT2D eigenvalue weighted by Gasteiger charge is 2.32. The molecule has 0 saturated carbocycles. The molecule has 1 N–H and O–H groups in total. The highest BCUT2D eigenvalue weighted by atomic mass is 16.5. The maximum absolute atomic E-state index is 5.82. The summed E-state index contributed by atoms with van der Waals surface area (Å²) >= 11 is 0. The number of hydrogen-bond acceptors (Lipinski definition) is 4. The summed E-state index contributed by atoms with van der Waals surface area (Å²) in [7, 11) is 2.03. The Morgan fingerprint density at radius 2 is 2.00 bits per heavy atom. The molecule has 1 aromatic heterocycles. The van der Waals surface area contributed by atoms with E-state index < -0.39 is 0 Å². The van der Waals surface area contributed by atoms with Crippen LogP contribution in [0.4, 0.5) is 0 Å². The van der Waals surface area contributed by atoms with Gasteiger partial charge in [-0.3, -0.25) is 4.90 Å². The van der Waals surface area contributed by atoms with E-state index in [0.29, 0.717) is 12.2 Å².